The van der Waals surface area contributed by atoms with Crippen LogP contribution in [-0.4, -0.2) is 6.61 Å². The quantitative estimate of drug-likeness (QED) is 0.673. The van der Waals surface area contributed by atoms with Gasteiger partial charge in [-0.2, -0.15) is 0 Å². The first-order valence-corrected chi connectivity index (χ1v) is 5.62. The molecule has 0 N–H and O–H groups in total. The molecule has 1 nitrogen and oxygen atoms in total. The molecule has 0 fully saturated rings. The first kappa shape index (κ1) is 12.1. The summed E-state index contributed by atoms with van der Waals surface area (Å²) in [5, 5.41) is 0.707. The summed E-state index contributed by atoms with van der Waals surface area (Å²) in [7, 11) is 0. The van der Waals surface area contributed by atoms with Crippen LogP contribution in [0.1, 0.15) is 31.7 Å². The summed E-state index contributed by atoms with van der Waals surface area (Å²) in [5.74, 6) is 1.02. The summed E-state index contributed by atoms with van der Waals surface area (Å²) < 4.78 is 5.56. The van der Waals surface area contributed by atoms with Gasteiger partial charge in [0, 0.05) is 5.92 Å². The van der Waals surface area contributed by atoms with E-state index in [1.165, 1.54) is 0 Å². The van der Waals surface area contributed by atoms with Crippen LogP contribution in [0.15, 0.2) is 30.9 Å². The SMILES string of the molecule is C=CC(C)c1cccc(OCCC)c1Cl. The van der Waals surface area contributed by atoms with Crippen molar-refractivity contribution >= 4 is 11.6 Å². The van der Waals surface area contributed by atoms with Crippen molar-refractivity contribution in [3.05, 3.63) is 41.4 Å². The van der Waals surface area contributed by atoms with Gasteiger partial charge in [0.1, 0.15) is 5.75 Å². The number of ether oxygens (including phenoxy) is 1. The van der Waals surface area contributed by atoms with Gasteiger partial charge >= 0.3 is 0 Å². The van der Waals surface area contributed by atoms with Crippen LogP contribution >= 0.6 is 11.6 Å². The lowest BCUT2D eigenvalue weighted by Gasteiger charge is -2.13. The van der Waals surface area contributed by atoms with Gasteiger partial charge in [-0.1, -0.05) is 43.7 Å². The van der Waals surface area contributed by atoms with Crippen LogP contribution in [0.4, 0.5) is 0 Å². The van der Waals surface area contributed by atoms with Gasteiger partial charge in [-0.05, 0) is 18.1 Å². The van der Waals surface area contributed by atoms with Gasteiger partial charge in [0.05, 0.1) is 11.6 Å². The fourth-order valence-corrected chi connectivity index (χ4v) is 1.68. The number of allylic oxidation sites excluding steroid dienone is 1. The van der Waals surface area contributed by atoms with Crippen LogP contribution in [0.5, 0.6) is 5.75 Å². The maximum Gasteiger partial charge on any atom is 0.138 e. The van der Waals surface area contributed by atoms with E-state index in [1.807, 2.05) is 24.3 Å². The zero-order valence-electron chi connectivity index (χ0n) is 9.29. The van der Waals surface area contributed by atoms with E-state index >= 15 is 0 Å². The van der Waals surface area contributed by atoms with Crippen LogP contribution in [0.2, 0.25) is 5.02 Å². The maximum atomic E-state index is 6.25. The minimum atomic E-state index is 0.252. The van der Waals surface area contributed by atoms with Crippen molar-refractivity contribution in [2.45, 2.75) is 26.2 Å². The third-order valence-electron chi connectivity index (χ3n) is 2.30. The first-order valence-electron chi connectivity index (χ1n) is 5.24. The molecule has 1 aromatic carbocycles. The summed E-state index contributed by atoms with van der Waals surface area (Å²) in [4.78, 5) is 0. The van der Waals surface area contributed by atoms with Crippen molar-refractivity contribution in [1.29, 1.82) is 0 Å². The third-order valence-corrected chi connectivity index (χ3v) is 2.70. The van der Waals surface area contributed by atoms with E-state index in [0.717, 1.165) is 17.7 Å². The molecule has 0 radical (unpaired) electrons. The topological polar surface area (TPSA) is 9.23 Å². The molecule has 0 aromatic heterocycles. The molecule has 1 aromatic rings. The highest BCUT2D eigenvalue weighted by atomic mass is 35.5. The molecule has 82 valence electrons. The minimum Gasteiger partial charge on any atom is -0.492 e. The number of halogens is 1. The molecule has 15 heavy (non-hydrogen) atoms. The fraction of sp³-hybridized carbons (Fsp3) is 0.385. The molecule has 0 saturated heterocycles. The van der Waals surface area contributed by atoms with E-state index < -0.39 is 0 Å². The number of hydrogen-bond acceptors (Lipinski definition) is 1. The van der Waals surface area contributed by atoms with Crippen molar-refractivity contribution in [3.8, 4) is 5.75 Å². The van der Waals surface area contributed by atoms with E-state index in [0.29, 0.717) is 11.6 Å². The molecule has 0 aliphatic rings. The molecule has 0 heterocycles. The highest BCUT2D eigenvalue weighted by Gasteiger charge is 2.10. The Hall–Kier alpha value is -0.950. The highest BCUT2D eigenvalue weighted by molar-refractivity contribution is 6.32. The molecular weight excluding hydrogens is 208 g/mol. The van der Waals surface area contributed by atoms with Crippen LogP contribution in [0, 0.1) is 0 Å². The molecule has 1 rings (SSSR count). The second-order valence-electron chi connectivity index (χ2n) is 3.53. The van der Waals surface area contributed by atoms with Gasteiger partial charge in [0.2, 0.25) is 0 Å². The standard InChI is InChI=1S/C13H17ClO/c1-4-9-15-12-8-6-7-11(13(12)14)10(3)5-2/h5-8,10H,2,4,9H2,1,3H3. The number of hydrogen-bond donors (Lipinski definition) is 0. The summed E-state index contributed by atoms with van der Waals surface area (Å²) in [6, 6.07) is 5.87. The highest BCUT2D eigenvalue weighted by Crippen LogP contribution is 2.33. The predicted molar refractivity (Wildman–Crippen MR) is 65.9 cm³/mol. The third kappa shape index (κ3) is 3.00. The van der Waals surface area contributed by atoms with Crippen LogP contribution in [0.3, 0.4) is 0 Å². The molecule has 1 unspecified atom stereocenters. The van der Waals surface area contributed by atoms with Gasteiger partial charge in [0.15, 0.2) is 0 Å². The van der Waals surface area contributed by atoms with Crippen molar-refractivity contribution < 1.29 is 4.74 Å². The normalized spacial score (nSPS) is 12.2. The lowest BCUT2D eigenvalue weighted by molar-refractivity contribution is 0.317. The number of benzene rings is 1. The van der Waals surface area contributed by atoms with Crippen LogP contribution < -0.4 is 4.74 Å². The monoisotopic (exact) mass is 224 g/mol. The van der Waals surface area contributed by atoms with Gasteiger partial charge in [-0.3, -0.25) is 0 Å². The zero-order chi connectivity index (χ0) is 11.3. The summed E-state index contributed by atoms with van der Waals surface area (Å²) >= 11 is 6.25. The Labute approximate surface area is 96.7 Å². The van der Waals surface area contributed by atoms with Crippen LogP contribution in [0.25, 0.3) is 0 Å². The Bertz CT molecular complexity index is 333. The summed E-state index contributed by atoms with van der Waals surface area (Å²) in [6.45, 7) is 8.61. The molecule has 0 saturated carbocycles. The second-order valence-corrected chi connectivity index (χ2v) is 3.91. The van der Waals surface area contributed by atoms with E-state index in [-0.39, 0.29) is 5.92 Å². The summed E-state index contributed by atoms with van der Waals surface area (Å²) in [6.07, 6.45) is 2.86. The first-order chi connectivity index (χ1) is 7.20. The Morgan fingerprint density at radius 2 is 2.27 bits per heavy atom. The minimum absolute atomic E-state index is 0.252. The molecule has 0 amide bonds. The lowest BCUT2D eigenvalue weighted by Crippen LogP contribution is -1.98. The Kier molecular flexibility index (Phi) is 4.70. The second kappa shape index (κ2) is 5.82. The largest absolute Gasteiger partial charge is 0.492 e. The van der Waals surface area contributed by atoms with E-state index in [4.69, 9.17) is 16.3 Å². The molecular formula is C13H17ClO. The Balaban J connectivity index is 2.94. The van der Waals surface area contributed by atoms with Crippen molar-refractivity contribution in [3.63, 3.8) is 0 Å². The van der Waals surface area contributed by atoms with Crippen molar-refractivity contribution in [1.82, 2.24) is 0 Å². The van der Waals surface area contributed by atoms with Gasteiger partial charge in [-0.15, -0.1) is 6.58 Å². The van der Waals surface area contributed by atoms with Gasteiger partial charge in [0.25, 0.3) is 0 Å². The van der Waals surface area contributed by atoms with E-state index in [2.05, 4.69) is 20.4 Å². The van der Waals surface area contributed by atoms with Crippen LogP contribution in [-0.2, 0) is 0 Å². The Morgan fingerprint density at radius 3 is 2.87 bits per heavy atom. The maximum absolute atomic E-state index is 6.25. The average Bonchev–Trinajstić information content (AvgIpc) is 2.27. The van der Waals surface area contributed by atoms with E-state index in [9.17, 15) is 0 Å². The summed E-state index contributed by atoms with van der Waals surface area (Å²) in [5.41, 5.74) is 1.07. The van der Waals surface area contributed by atoms with Crippen molar-refractivity contribution in [2.75, 3.05) is 6.61 Å². The lowest BCUT2D eigenvalue weighted by atomic mass is 10.0. The molecule has 0 aliphatic carbocycles. The van der Waals surface area contributed by atoms with E-state index in [1.54, 1.807) is 0 Å². The van der Waals surface area contributed by atoms with Crippen molar-refractivity contribution in [2.24, 2.45) is 0 Å². The van der Waals surface area contributed by atoms with Gasteiger partial charge in [-0.25, -0.2) is 0 Å². The molecule has 2 heteroatoms. The smallest absolute Gasteiger partial charge is 0.138 e. The number of rotatable bonds is 5. The zero-order valence-corrected chi connectivity index (χ0v) is 10.1. The Morgan fingerprint density at radius 1 is 1.53 bits per heavy atom. The molecule has 1 atom stereocenters. The predicted octanol–water partition coefficient (Wildman–Crippen LogP) is 4.42. The van der Waals surface area contributed by atoms with Gasteiger partial charge < -0.3 is 4.74 Å². The molecule has 0 aliphatic heterocycles. The molecule has 0 bridgehead atoms. The molecule has 0 spiro atoms. The average molecular weight is 225 g/mol. The fourth-order valence-electron chi connectivity index (χ4n) is 1.33.